The lowest BCUT2D eigenvalue weighted by molar-refractivity contribution is -0.193. The van der Waals surface area contributed by atoms with Crippen molar-refractivity contribution < 1.29 is 18.3 Å². The summed E-state index contributed by atoms with van der Waals surface area (Å²) < 4.78 is 26.3. The quantitative estimate of drug-likeness (QED) is 0.180. The van der Waals surface area contributed by atoms with Gasteiger partial charge in [0.15, 0.2) is 22.9 Å². The Bertz CT molecular complexity index is 708. The van der Waals surface area contributed by atoms with E-state index in [0.29, 0.717) is 5.92 Å². The highest BCUT2D eigenvalue weighted by molar-refractivity contribution is 8.18. The monoisotopic (exact) mass is 620 g/mol. The zero-order chi connectivity index (χ0) is 29.5. The van der Waals surface area contributed by atoms with E-state index in [2.05, 4.69) is 105 Å². The van der Waals surface area contributed by atoms with Crippen LogP contribution in [0, 0.1) is 5.92 Å². The van der Waals surface area contributed by atoms with E-state index < -0.39 is 16.6 Å². The third kappa shape index (κ3) is 11.5. The van der Waals surface area contributed by atoms with E-state index >= 15 is 0 Å². The average molecular weight is 621 g/mol. The van der Waals surface area contributed by atoms with Crippen molar-refractivity contribution in [3.63, 3.8) is 0 Å². The molecule has 1 unspecified atom stereocenters. The van der Waals surface area contributed by atoms with Crippen molar-refractivity contribution in [3.05, 3.63) is 0 Å². The van der Waals surface area contributed by atoms with Gasteiger partial charge in [-0.05, 0) is 112 Å². The molecular weight excluding hydrogens is 557 g/mol. The molecule has 0 aromatic carbocycles. The van der Waals surface area contributed by atoms with Crippen LogP contribution in [0.5, 0.6) is 0 Å². The largest absolute Gasteiger partial charge is 0.414 e. The van der Waals surface area contributed by atoms with Gasteiger partial charge in [0, 0.05) is 6.61 Å². The average Bonchev–Trinajstić information content (AvgIpc) is 2.82. The number of ether oxygens (including phenoxy) is 2. The topological polar surface area (TPSA) is 36.9 Å². The van der Waals surface area contributed by atoms with Crippen LogP contribution >= 0.6 is 23.5 Å². The summed E-state index contributed by atoms with van der Waals surface area (Å²) in [6.07, 6.45) is 9.85. The van der Waals surface area contributed by atoms with E-state index in [-0.39, 0.29) is 32.7 Å². The van der Waals surface area contributed by atoms with E-state index in [4.69, 9.17) is 18.3 Å². The van der Waals surface area contributed by atoms with E-state index in [9.17, 15) is 0 Å². The Hall–Kier alpha value is 0.974. The molecule has 0 radical (unpaired) electrons. The first-order valence-electron chi connectivity index (χ1n) is 15.7. The maximum absolute atomic E-state index is 7.03. The maximum Gasteiger partial charge on any atom is 0.192 e. The Labute approximate surface area is 253 Å². The van der Waals surface area contributed by atoms with E-state index in [0.717, 1.165) is 26.1 Å². The molecule has 0 bridgehead atoms. The third-order valence-corrected chi connectivity index (χ3v) is 22.3. The van der Waals surface area contributed by atoms with Gasteiger partial charge in [-0.1, -0.05) is 48.5 Å². The molecule has 0 saturated carbocycles. The molecule has 232 valence electrons. The molecule has 0 aliphatic carbocycles. The first kappa shape index (κ1) is 36.2. The van der Waals surface area contributed by atoms with Crippen LogP contribution < -0.4 is 0 Å². The molecule has 4 nitrogen and oxygen atoms in total. The molecule has 2 saturated heterocycles. The van der Waals surface area contributed by atoms with Gasteiger partial charge in [0.1, 0.15) is 0 Å². The SMILES string of the molecule is C[C@H](CC1(CCC[C@@H](CO[Si](C)(C)C(C)(C)C)O[Si](C)(C)C(C)(C)C)SCCCS1)[C@@H](C)OC1CCCCO1. The van der Waals surface area contributed by atoms with Crippen LogP contribution in [0.25, 0.3) is 0 Å². The lowest BCUT2D eigenvalue weighted by atomic mass is 9.96. The molecular formula is C31H64O4S2Si2. The van der Waals surface area contributed by atoms with Gasteiger partial charge in [-0.15, -0.1) is 23.5 Å². The van der Waals surface area contributed by atoms with Gasteiger partial charge in [0.05, 0.1) is 22.9 Å². The Kier molecular flexibility index (Phi) is 14.0. The minimum atomic E-state index is -1.88. The summed E-state index contributed by atoms with van der Waals surface area (Å²) in [6, 6.07) is 0. The summed E-state index contributed by atoms with van der Waals surface area (Å²) >= 11 is 4.42. The summed E-state index contributed by atoms with van der Waals surface area (Å²) in [5, 5.41) is 0.414. The minimum absolute atomic E-state index is 0.00652. The minimum Gasteiger partial charge on any atom is -0.414 e. The van der Waals surface area contributed by atoms with Gasteiger partial charge in [-0.2, -0.15) is 0 Å². The van der Waals surface area contributed by atoms with Crippen molar-refractivity contribution in [3.8, 4) is 0 Å². The molecule has 2 rings (SSSR count). The van der Waals surface area contributed by atoms with Gasteiger partial charge in [-0.25, -0.2) is 0 Å². The predicted octanol–water partition coefficient (Wildman–Crippen LogP) is 10.1. The molecule has 0 aromatic rings. The maximum atomic E-state index is 7.03. The molecule has 2 aliphatic heterocycles. The Balaban J connectivity index is 2.04. The molecule has 0 aromatic heterocycles. The first-order chi connectivity index (χ1) is 17.9. The van der Waals surface area contributed by atoms with Crippen molar-refractivity contribution in [1.82, 2.24) is 0 Å². The van der Waals surface area contributed by atoms with Crippen molar-refractivity contribution in [2.24, 2.45) is 5.92 Å². The Morgan fingerprint density at radius 2 is 1.51 bits per heavy atom. The van der Waals surface area contributed by atoms with Gasteiger partial charge in [0.2, 0.25) is 0 Å². The van der Waals surface area contributed by atoms with Crippen LogP contribution in [0.3, 0.4) is 0 Å². The fourth-order valence-electron chi connectivity index (χ4n) is 4.72. The molecule has 0 spiro atoms. The van der Waals surface area contributed by atoms with Crippen LogP contribution in [-0.2, 0) is 18.3 Å². The lowest BCUT2D eigenvalue weighted by Crippen LogP contribution is -2.48. The summed E-state index contributed by atoms with van der Waals surface area (Å²) in [5.74, 6) is 3.06. The molecule has 0 N–H and O–H groups in total. The fourth-order valence-corrected chi connectivity index (χ4v) is 10.8. The van der Waals surface area contributed by atoms with E-state index in [1.165, 1.54) is 50.0 Å². The molecule has 2 heterocycles. The molecule has 39 heavy (non-hydrogen) atoms. The van der Waals surface area contributed by atoms with Crippen molar-refractivity contribution in [1.29, 1.82) is 0 Å². The molecule has 8 heteroatoms. The predicted molar refractivity (Wildman–Crippen MR) is 179 cm³/mol. The van der Waals surface area contributed by atoms with Crippen LogP contribution in [0.2, 0.25) is 36.3 Å². The lowest BCUT2D eigenvalue weighted by Gasteiger charge is -2.42. The van der Waals surface area contributed by atoms with Crippen molar-refractivity contribution >= 4 is 40.2 Å². The molecule has 0 amide bonds. The third-order valence-electron chi connectivity index (χ3n) is 9.75. The summed E-state index contributed by atoms with van der Waals surface area (Å²) in [5.41, 5.74) is 0. The normalized spacial score (nSPS) is 23.8. The number of hydrogen-bond acceptors (Lipinski definition) is 6. The number of thioether (sulfide) groups is 2. The summed E-state index contributed by atoms with van der Waals surface area (Å²) in [6.45, 7) is 29.8. The highest BCUT2D eigenvalue weighted by Crippen LogP contribution is 2.50. The summed E-state index contributed by atoms with van der Waals surface area (Å²) in [4.78, 5) is 0. The Morgan fingerprint density at radius 1 is 0.897 bits per heavy atom. The van der Waals surface area contributed by atoms with Crippen LogP contribution in [-0.4, -0.2) is 63.9 Å². The van der Waals surface area contributed by atoms with Gasteiger partial charge in [0.25, 0.3) is 0 Å². The van der Waals surface area contributed by atoms with Crippen LogP contribution in [0.4, 0.5) is 0 Å². The number of hydrogen-bond donors (Lipinski definition) is 0. The van der Waals surface area contributed by atoms with Crippen LogP contribution in [0.15, 0.2) is 0 Å². The van der Waals surface area contributed by atoms with Gasteiger partial charge < -0.3 is 18.3 Å². The van der Waals surface area contributed by atoms with Gasteiger partial charge >= 0.3 is 0 Å². The fraction of sp³-hybridized carbons (Fsp3) is 1.00. The number of rotatable bonds is 14. The zero-order valence-electron chi connectivity index (χ0n) is 27.7. The zero-order valence-corrected chi connectivity index (χ0v) is 31.4. The van der Waals surface area contributed by atoms with E-state index in [1.54, 1.807) is 0 Å². The Morgan fingerprint density at radius 3 is 2.05 bits per heavy atom. The molecule has 4 atom stereocenters. The smallest absolute Gasteiger partial charge is 0.192 e. The van der Waals surface area contributed by atoms with Crippen LogP contribution in [0.1, 0.15) is 107 Å². The second kappa shape index (κ2) is 15.1. The van der Waals surface area contributed by atoms with Crippen molar-refractivity contribution in [2.45, 2.75) is 166 Å². The van der Waals surface area contributed by atoms with Crippen molar-refractivity contribution in [2.75, 3.05) is 24.7 Å². The molecule has 2 aliphatic rings. The molecule has 2 fully saturated rings. The standard InChI is InChI=1S/C31H64O4S2Si2/c1-25(26(2)34-28-18-13-14-20-32-28)23-31(36-21-16-22-37-31)19-15-17-27(35-39(11,12)30(6,7)8)24-33-38(9,10)29(3,4)5/h25-28H,13-24H2,1-12H3/t25-,26-,27+,28?/m1/s1. The highest BCUT2D eigenvalue weighted by Gasteiger charge is 2.42. The first-order valence-corrected chi connectivity index (χ1v) is 23.5. The second-order valence-corrected chi connectivity index (χ2v) is 28.0. The second-order valence-electron chi connectivity index (χ2n) is 15.2. The highest BCUT2D eigenvalue weighted by atomic mass is 32.2. The van der Waals surface area contributed by atoms with E-state index in [1.807, 2.05) is 0 Å². The summed E-state index contributed by atoms with van der Waals surface area (Å²) in [7, 11) is -3.71. The van der Waals surface area contributed by atoms with Gasteiger partial charge in [-0.3, -0.25) is 0 Å².